The molecule has 0 aliphatic heterocycles. The highest BCUT2D eigenvalue weighted by Crippen LogP contribution is 2.29. The van der Waals surface area contributed by atoms with Gasteiger partial charge >= 0.3 is 0 Å². The van der Waals surface area contributed by atoms with Crippen LogP contribution in [0.1, 0.15) is 53.7 Å². The van der Waals surface area contributed by atoms with Crippen LogP contribution >= 0.6 is 0 Å². The molecule has 2 aromatic rings. The predicted octanol–water partition coefficient (Wildman–Crippen LogP) is 4.09. The Morgan fingerprint density at radius 3 is 2.47 bits per heavy atom. The molecule has 1 nitrogen and oxygen atoms in total. The summed E-state index contributed by atoms with van der Waals surface area (Å²) in [7, 11) is 1.53. The standard InChI is InChI=1S/C18H24N/c1-13-9-7-8-10-15(13)17-11-16(18(3,4)5)14(2)12-19(17)6/h7-12H,1-6H3/q+1/i2D3,3D3,4D3,5D3. The Hall–Kier alpha value is -1.63. The zero-order valence-electron chi connectivity index (χ0n) is 22.9. The van der Waals surface area contributed by atoms with Crippen LogP contribution in [-0.4, -0.2) is 0 Å². The van der Waals surface area contributed by atoms with Gasteiger partial charge in [-0.25, -0.2) is 4.57 Å². The molecule has 0 saturated heterocycles. The van der Waals surface area contributed by atoms with Crippen LogP contribution in [-0.2, 0) is 12.5 Å². The lowest BCUT2D eigenvalue weighted by atomic mass is 9.84. The van der Waals surface area contributed by atoms with E-state index in [1.807, 2.05) is 0 Å². The fraction of sp³-hybridized carbons (Fsp3) is 0.389. The van der Waals surface area contributed by atoms with Gasteiger partial charge in [-0.05, 0) is 36.4 Å². The molecular weight excluding hydrogens is 230 g/mol. The summed E-state index contributed by atoms with van der Waals surface area (Å²) in [6, 6.07) is 8.05. The van der Waals surface area contributed by atoms with E-state index in [-0.39, 0.29) is 0 Å². The van der Waals surface area contributed by atoms with Gasteiger partial charge in [0.15, 0.2) is 6.20 Å². The Labute approximate surface area is 133 Å². The molecule has 0 saturated carbocycles. The van der Waals surface area contributed by atoms with E-state index in [1.165, 1.54) is 11.6 Å². The van der Waals surface area contributed by atoms with Gasteiger partial charge in [0.2, 0.25) is 5.69 Å². The molecule has 1 heteroatoms. The summed E-state index contributed by atoms with van der Waals surface area (Å²) in [5.74, 6) is 0. The third-order valence-electron chi connectivity index (χ3n) is 3.10. The van der Waals surface area contributed by atoms with Crippen LogP contribution in [0.3, 0.4) is 0 Å². The molecular formula is C18H24N+. The molecule has 0 aliphatic rings. The molecule has 0 amide bonds. The summed E-state index contributed by atoms with van der Waals surface area (Å²) < 4.78 is 96.9. The molecule has 0 unspecified atom stereocenters. The Balaban J connectivity index is 3.18. The van der Waals surface area contributed by atoms with Gasteiger partial charge in [-0.2, -0.15) is 0 Å². The smallest absolute Gasteiger partial charge is 0.201 e. The van der Waals surface area contributed by atoms with Crippen molar-refractivity contribution in [2.75, 3.05) is 0 Å². The summed E-state index contributed by atoms with van der Waals surface area (Å²) in [5, 5.41) is 0. The van der Waals surface area contributed by atoms with Gasteiger partial charge < -0.3 is 0 Å². The maximum absolute atomic E-state index is 7.98. The number of nitrogens with zero attached hydrogens (tertiary/aromatic N) is 1. The summed E-state index contributed by atoms with van der Waals surface area (Å²) in [5.41, 5.74) is -3.16. The number of pyridine rings is 1. The molecule has 0 radical (unpaired) electrons. The molecule has 0 N–H and O–H groups in total. The van der Waals surface area contributed by atoms with E-state index in [9.17, 15) is 0 Å². The molecule has 100 valence electrons. The molecule has 0 atom stereocenters. The molecule has 0 fully saturated rings. The summed E-state index contributed by atoms with van der Waals surface area (Å²) in [6.07, 6.45) is 1.10. The first kappa shape index (κ1) is 5.05. The first-order chi connectivity index (χ1) is 13.8. The van der Waals surface area contributed by atoms with Crippen molar-refractivity contribution in [3.63, 3.8) is 0 Å². The minimum atomic E-state index is -3.56. The van der Waals surface area contributed by atoms with E-state index in [0.717, 1.165) is 17.8 Å². The lowest BCUT2D eigenvalue weighted by molar-refractivity contribution is -0.660. The first-order valence-corrected chi connectivity index (χ1v) is 5.87. The molecule has 0 spiro atoms. The minimum Gasteiger partial charge on any atom is -0.201 e. The second-order valence-corrected chi connectivity index (χ2v) is 4.66. The molecule has 0 aliphatic carbocycles. The Bertz CT molecular complexity index is 927. The highest BCUT2D eigenvalue weighted by molar-refractivity contribution is 5.62. The van der Waals surface area contributed by atoms with E-state index in [0.29, 0.717) is 11.3 Å². The van der Waals surface area contributed by atoms with Gasteiger partial charge in [0, 0.05) is 33.6 Å². The van der Waals surface area contributed by atoms with Gasteiger partial charge in [-0.3, -0.25) is 0 Å². The third kappa shape index (κ3) is 2.70. The number of aryl methyl sites for hydroxylation is 3. The van der Waals surface area contributed by atoms with Gasteiger partial charge in [-0.1, -0.05) is 38.8 Å². The fourth-order valence-corrected chi connectivity index (χ4v) is 2.09. The molecule has 19 heavy (non-hydrogen) atoms. The molecule has 2 rings (SSSR count). The van der Waals surface area contributed by atoms with Crippen molar-refractivity contribution in [3.05, 3.63) is 53.2 Å². The van der Waals surface area contributed by atoms with Crippen molar-refractivity contribution in [2.45, 2.75) is 39.7 Å². The topological polar surface area (TPSA) is 3.88 Å². The normalized spacial score (nSPS) is 23.7. The number of benzene rings is 1. The SMILES string of the molecule is [2H]C([2H])([2H])c1c[n+](C)c(-c2ccccc2C)cc1C(C([2H])([2H])[2H])(C([2H])([2H])[2H])C([2H])([2H])[2H]. The predicted molar refractivity (Wildman–Crippen MR) is 81.2 cm³/mol. The lowest BCUT2D eigenvalue weighted by Gasteiger charge is -2.21. The molecule has 1 aromatic heterocycles. The van der Waals surface area contributed by atoms with E-state index in [2.05, 4.69) is 0 Å². The van der Waals surface area contributed by atoms with Gasteiger partial charge in [-0.15, -0.1) is 0 Å². The highest BCUT2D eigenvalue weighted by atomic mass is 14.9. The number of aromatic nitrogens is 1. The van der Waals surface area contributed by atoms with E-state index < -0.39 is 43.9 Å². The van der Waals surface area contributed by atoms with Crippen LogP contribution in [0.15, 0.2) is 36.5 Å². The second-order valence-electron chi connectivity index (χ2n) is 4.66. The number of hydrogen-bond acceptors (Lipinski definition) is 0. The maximum atomic E-state index is 7.98. The second kappa shape index (κ2) is 4.80. The Morgan fingerprint density at radius 1 is 1.11 bits per heavy atom. The summed E-state index contributed by atoms with van der Waals surface area (Å²) >= 11 is 0. The van der Waals surface area contributed by atoms with Crippen LogP contribution in [0.4, 0.5) is 0 Å². The maximum Gasteiger partial charge on any atom is 0.212 e. The zero-order chi connectivity index (χ0) is 24.2. The molecule has 1 aromatic carbocycles. The van der Waals surface area contributed by atoms with Crippen LogP contribution in [0.25, 0.3) is 11.3 Å². The average Bonchev–Trinajstić information content (AvgIpc) is 2.52. The van der Waals surface area contributed by atoms with E-state index in [4.69, 9.17) is 16.4 Å². The number of hydrogen-bond donors (Lipinski definition) is 0. The Morgan fingerprint density at radius 2 is 1.84 bits per heavy atom. The van der Waals surface area contributed by atoms with Gasteiger partial charge in [0.1, 0.15) is 7.05 Å². The van der Waals surface area contributed by atoms with Crippen molar-refractivity contribution < 1.29 is 21.0 Å². The minimum absolute atomic E-state index is 0.295. The summed E-state index contributed by atoms with van der Waals surface area (Å²) in [6.45, 7) is -11.9. The van der Waals surface area contributed by atoms with Crippen LogP contribution < -0.4 is 4.57 Å². The van der Waals surface area contributed by atoms with Crippen LogP contribution in [0, 0.1) is 13.8 Å². The first-order valence-electron chi connectivity index (χ1n) is 11.9. The summed E-state index contributed by atoms with van der Waals surface area (Å²) in [4.78, 5) is 0. The molecule has 1 heterocycles. The van der Waals surface area contributed by atoms with Crippen LogP contribution in [0.2, 0.25) is 0 Å². The quantitative estimate of drug-likeness (QED) is 0.684. The van der Waals surface area contributed by atoms with E-state index in [1.54, 1.807) is 31.2 Å². The monoisotopic (exact) mass is 266 g/mol. The third-order valence-corrected chi connectivity index (χ3v) is 3.10. The van der Waals surface area contributed by atoms with Crippen molar-refractivity contribution in [2.24, 2.45) is 7.05 Å². The van der Waals surface area contributed by atoms with Crippen molar-refractivity contribution in [3.8, 4) is 11.3 Å². The van der Waals surface area contributed by atoms with Crippen molar-refractivity contribution >= 4 is 0 Å². The lowest BCUT2D eigenvalue weighted by Crippen LogP contribution is -2.33. The fourth-order valence-electron chi connectivity index (χ4n) is 2.09. The van der Waals surface area contributed by atoms with Crippen molar-refractivity contribution in [1.82, 2.24) is 0 Å². The van der Waals surface area contributed by atoms with Crippen LogP contribution in [0.5, 0.6) is 0 Å². The largest absolute Gasteiger partial charge is 0.212 e. The molecule has 0 bridgehead atoms. The van der Waals surface area contributed by atoms with E-state index >= 15 is 0 Å². The van der Waals surface area contributed by atoms with Crippen molar-refractivity contribution in [1.29, 1.82) is 0 Å². The van der Waals surface area contributed by atoms with Gasteiger partial charge in [0.25, 0.3) is 0 Å². The van der Waals surface area contributed by atoms with Gasteiger partial charge in [0.05, 0.1) is 0 Å². The zero-order valence-corrected chi connectivity index (χ0v) is 10.9. The average molecular weight is 266 g/mol. The number of rotatable bonds is 1. The highest BCUT2D eigenvalue weighted by Gasteiger charge is 2.22. The Kier molecular flexibility index (Phi) is 1.28.